The predicted octanol–water partition coefficient (Wildman–Crippen LogP) is 2.23. The van der Waals surface area contributed by atoms with Crippen molar-refractivity contribution in [3.63, 3.8) is 0 Å². The molecule has 1 atom stereocenters. The van der Waals surface area contributed by atoms with Gasteiger partial charge in [0.25, 0.3) is 5.91 Å². The largest absolute Gasteiger partial charge is 0.390 e. The number of primary sulfonamides is 1. The molecule has 226 valence electrons. The molecule has 12 nitrogen and oxygen atoms in total. The van der Waals surface area contributed by atoms with Crippen molar-refractivity contribution in [2.24, 2.45) is 11.1 Å². The second kappa shape index (κ2) is 12.8. The second-order valence-corrected chi connectivity index (χ2v) is 14.6. The molecule has 1 aromatic carbocycles. The van der Waals surface area contributed by atoms with Crippen LogP contribution in [0.3, 0.4) is 0 Å². The van der Waals surface area contributed by atoms with Gasteiger partial charge in [0.15, 0.2) is 20.8 Å². The van der Waals surface area contributed by atoms with Crippen LogP contribution in [0.1, 0.15) is 52.3 Å². The first-order chi connectivity index (χ1) is 18.9. The third kappa shape index (κ3) is 9.75. The van der Waals surface area contributed by atoms with Crippen LogP contribution in [0.2, 0.25) is 0 Å². The van der Waals surface area contributed by atoms with Gasteiger partial charge in [-0.25, -0.2) is 27.0 Å². The average molecular weight is 640 g/mol. The molecule has 0 aliphatic heterocycles. The summed E-state index contributed by atoms with van der Waals surface area (Å²) in [5.41, 5.74) is 1.11. The number of hydrogen-bond donors (Lipinski definition) is 3. The fourth-order valence-corrected chi connectivity index (χ4v) is 7.11. The molecular formula is C23H28F3N5O7S3. The summed E-state index contributed by atoms with van der Waals surface area (Å²) in [5.74, 6) is -3.06. The molecule has 0 fully saturated rings. The number of nitrogens with two attached hydrogens (primary N) is 1. The highest BCUT2D eigenvalue weighted by Crippen LogP contribution is 2.33. The van der Waals surface area contributed by atoms with Gasteiger partial charge in [-0.05, 0) is 30.5 Å². The minimum atomic E-state index is -4.81. The maximum Gasteiger partial charge on any atom is 0.390 e. The van der Waals surface area contributed by atoms with E-state index in [0.29, 0.717) is 34.1 Å². The quantitative estimate of drug-likeness (QED) is 0.252. The van der Waals surface area contributed by atoms with Crippen LogP contribution in [0.4, 0.5) is 13.2 Å². The zero-order chi connectivity index (χ0) is 30.6. The van der Waals surface area contributed by atoms with Crippen molar-refractivity contribution >= 4 is 53.2 Å². The van der Waals surface area contributed by atoms with Crippen molar-refractivity contribution in [3.8, 4) is 0 Å². The summed E-state index contributed by atoms with van der Waals surface area (Å²) < 4.78 is 92.0. The van der Waals surface area contributed by atoms with Crippen LogP contribution in [-0.4, -0.2) is 63.0 Å². The molecular weight excluding hydrogens is 611 g/mol. The number of sulfone groups is 1. The number of aromatic nitrogens is 2. The van der Waals surface area contributed by atoms with E-state index in [2.05, 4.69) is 20.8 Å². The van der Waals surface area contributed by atoms with Crippen molar-refractivity contribution in [2.75, 3.05) is 18.1 Å². The number of sulfonamides is 1. The molecule has 2 amide bonds. The molecule has 0 saturated carbocycles. The first kappa shape index (κ1) is 32.4. The van der Waals surface area contributed by atoms with Crippen molar-refractivity contribution in [3.05, 3.63) is 46.3 Å². The van der Waals surface area contributed by atoms with Crippen molar-refractivity contribution in [1.82, 2.24) is 20.8 Å². The summed E-state index contributed by atoms with van der Waals surface area (Å²) in [4.78, 5) is 29.7. The lowest BCUT2D eigenvalue weighted by Crippen LogP contribution is -2.38. The maximum absolute atomic E-state index is 12.9. The number of alkyl halides is 3. The number of hydrogen-bond acceptors (Lipinski definition) is 10. The van der Waals surface area contributed by atoms with Gasteiger partial charge in [-0.15, -0.1) is 11.3 Å². The van der Waals surface area contributed by atoms with Gasteiger partial charge >= 0.3 is 6.18 Å². The summed E-state index contributed by atoms with van der Waals surface area (Å²) in [6.45, 7) is 3.53. The zero-order valence-electron chi connectivity index (χ0n) is 21.9. The Morgan fingerprint density at radius 1 is 1.10 bits per heavy atom. The molecule has 18 heteroatoms. The Labute approximate surface area is 237 Å². The van der Waals surface area contributed by atoms with Crippen LogP contribution in [0.5, 0.6) is 0 Å². The molecule has 0 radical (unpaired) electrons. The number of halogens is 3. The first-order valence-corrected chi connectivity index (χ1v) is 16.4. The summed E-state index contributed by atoms with van der Waals surface area (Å²) in [5, 5.41) is 11.1. The summed E-state index contributed by atoms with van der Waals surface area (Å²) in [6.07, 6.45) is -5.80. The summed E-state index contributed by atoms with van der Waals surface area (Å²) in [7, 11) is -8.76. The SMILES string of the molecule is CC(C)Cc1cc(CNC(=O)c2ccc3nc(C(C(=O)NCCS(N)(=O)=O)S(=O)(=O)CCC(F)(F)F)sc3c2)on1. The van der Waals surface area contributed by atoms with Gasteiger partial charge in [-0.3, -0.25) is 9.59 Å². The van der Waals surface area contributed by atoms with E-state index in [1.807, 2.05) is 13.8 Å². The number of rotatable bonds is 13. The number of fused-ring (bicyclic) bond motifs is 1. The third-order valence-corrected chi connectivity index (χ3v) is 9.43. The molecule has 0 aliphatic carbocycles. The zero-order valence-corrected chi connectivity index (χ0v) is 24.3. The molecule has 3 aromatic rings. The normalized spacial score (nSPS) is 13.4. The third-order valence-electron chi connectivity index (χ3n) is 5.49. The van der Waals surface area contributed by atoms with E-state index in [1.165, 1.54) is 18.2 Å². The number of carbonyl (C=O) groups excluding carboxylic acids is 2. The Morgan fingerprint density at radius 2 is 1.80 bits per heavy atom. The van der Waals surface area contributed by atoms with Crippen LogP contribution in [0, 0.1) is 5.92 Å². The first-order valence-electron chi connectivity index (χ1n) is 12.1. The number of nitrogens with zero attached hydrogens (tertiary/aromatic N) is 2. The van der Waals surface area contributed by atoms with E-state index in [0.717, 1.165) is 5.69 Å². The highest BCUT2D eigenvalue weighted by Gasteiger charge is 2.40. The minimum absolute atomic E-state index is 0.0497. The number of amides is 2. The molecule has 2 heterocycles. The topological polar surface area (TPSA) is 191 Å². The number of benzene rings is 1. The van der Waals surface area contributed by atoms with Crippen molar-refractivity contribution < 1.29 is 44.1 Å². The molecule has 0 saturated heterocycles. The maximum atomic E-state index is 12.9. The van der Waals surface area contributed by atoms with Gasteiger partial charge in [0.2, 0.25) is 15.9 Å². The summed E-state index contributed by atoms with van der Waals surface area (Å²) >= 11 is 0.704. The van der Waals surface area contributed by atoms with Crippen molar-refractivity contribution in [1.29, 1.82) is 0 Å². The van der Waals surface area contributed by atoms with Crippen LogP contribution in [-0.2, 0) is 37.6 Å². The van der Waals surface area contributed by atoms with Gasteiger partial charge in [0, 0.05) is 18.2 Å². The van der Waals surface area contributed by atoms with E-state index in [9.17, 15) is 39.6 Å². The Hall–Kier alpha value is -3.09. The lowest BCUT2D eigenvalue weighted by atomic mass is 10.1. The van der Waals surface area contributed by atoms with E-state index in [-0.39, 0.29) is 22.6 Å². The van der Waals surface area contributed by atoms with Crippen LogP contribution < -0.4 is 15.8 Å². The van der Waals surface area contributed by atoms with Crippen molar-refractivity contribution in [2.45, 2.75) is 44.7 Å². The number of thiazole rings is 1. The fourth-order valence-electron chi connectivity index (χ4n) is 3.63. The smallest absolute Gasteiger partial charge is 0.359 e. The molecule has 4 N–H and O–H groups in total. The predicted molar refractivity (Wildman–Crippen MR) is 144 cm³/mol. The fraction of sp³-hybridized carbons (Fsp3) is 0.478. The Kier molecular flexibility index (Phi) is 10.1. The highest BCUT2D eigenvalue weighted by molar-refractivity contribution is 7.92. The lowest BCUT2D eigenvalue weighted by molar-refractivity contribution is -0.130. The van der Waals surface area contributed by atoms with Crippen LogP contribution >= 0.6 is 11.3 Å². The molecule has 1 unspecified atom stereocenters. The highest BCUT2D eigenvalue weighted by atomic mass is 32.2. The number of nitrogens with one attached hydrogen (secondary N) is 2. The van der Waals surface area contributed by atoms with Gasteiger partial charge < -0.3 is 15.2 Å². The van der Waals surface area contributed by atoms with Crippen LogP contribution in [0.15, 0.2) is 28.8 Å². The van der Waals surface area contributed by atoms with Crippen LogP contribution in [0.25, 0.3) is 10.2 Å². The Morgan fingerprint density at radius 3 is 2.44 bits per heavy atom. The molecule has 41 heavy (non-hydrogen) atoms. The average Bonchev–Trinajstić information content (AvgIpc) is 3.45. The van der Waals surface area contributed by atoms with E-state index in [1.54, 1.807) is 6.07 Å². The Balaban J connectivity index is 1.83. The lowest BCUT2D eigenvalue weighted by Gasteiger charge is -2.16. The Bertz CT molecular complexity index is 1620. The standard InChI is InChI=1S/C23H28F3N5O7S3/c1-13(2)9-15-11-16(38-31-15)12-29-20(32)14-3-4-17-18(10-14)39-22(30-17)19(21(33)28-6-8-41(27,36)37)40(34,35)7-5-23(24,25)26/h3-4,10-11,13,19H,5-9,12H2,1-2H3,(H,28,33)(H,29,32)(H2,27,36,37). The molecule has 2 aromatic heterocycles. The molecule has 0 aliphatic rings. The van der Waals surface area contributed by atoms with E-state index in [4.69, 9.17) is 9.66 Å². The van der Waals surface area contributed by atoms with E-state index >= 15 is 0 Å². The second-order valence-electron chi connectivity index (χ2n) is 9.57. The molecule has 0 bridgehead atoms. The number of carbonyl (C=O) groups is 2. The molecule has 0 spiro atoms. The summed E-state index contributed by atoms with van der Waals surface area (Å²) in [6, 6.07) is 5.93. The molecule has 3 rings (SSSR count). The van der Waals surface area contributed by atoms with E-state index < -0.39 is 67.6 Å². The van der Waals surface area contributed by atoms with Gasteiger partial charge in [0.1, 0.15) is 5.01 Å². The monoisotopic (exact) mass is 639 g/mol. The minimum Gasteiger partial charge on any atom is -0.359 e. The van der Waals surface area contributed by atoms with Gasteiger partial charge in [-0.1, -0.05) is 19.0 Å². The van der Waals surface area contributed by atoms with Gasteiger partial charge in [0.05, 0.1) is 40.4 Å². The van der Waals surface area contributed by atoms with Gasteiger partial charge in [-0.2, -0.15) is 13.2 Å².